The van der Waals surface area contributed by atoms with Crippen molar-refractivity contribution in [2.75, 3.05) is 31.7 Å². The molecule has 9 nitrogen and oxygen atoms in total. The van der Waals surface area contributed by atoms with Crippen LogP contribution in [0.3, 0.4) is 0 Å². The van der Waals surface area contributed by atoms with Crippen LogP contribution >= 0.6 is 0 Å². The van der Waals surface area contributed by atoms with E-state index in [0.717, 1.165) is 0 Å². The number of aliphatic hydroxyl groups is 1. The number of anilines is 1. The standard InChI is InChI=1S/C9H15N5O4S/c10-13-9-11-3-8(4-12-9)19(16,17)14-1-2-18-7(5-14)6-15/h3-4,7,15H,1-2,5-6,10H2,(H,11,12,13). The van der Waals surface area contributed by atoms with E-state index in [2.05, 4.69) is 15.4 Å². The molecule has 0 aliphatic carbocycles. The van der Waals surface area contributed by atoms with Gasteiger partial charge in [-0.25, -0.2) is 24.2 Å². The van der Waals surface area contributed by atoms with Crippen molar-refractivity contribution in [3.63, 3.8) is 0 Å². The Morgan fingerprint density at radius 1 is 1.53 bits per heavy atom. The van der Waals surface area contributed by atoms with E-state index < -0.39 is 16.1 Å². The molecule has 4 N–H and O–H groups in total. The zero-order valence-electron chi connectivity index (χ0n) is 10.1. The molecule has 2 heterocycles. The maximum atomic E-state index is 12.3. The Morgan fingerprint density at radius 3 is 2.79 bits per heavy atom. The Kier molecular flexibility index (Phi) is 4.27. The van der Waals surface area contributed by atoms with Gasteiger partial charge in [0.25, 0.3) is 0 Å². The summed E-state index contributed by atoms with van der Waals surface area (Å²) >= 11 is 0. The first kappa shape index (κ1) is 14.1. The highest BCUT2D eigenvalue weighted by molar-refractivity contribution is 7.89. The van der Waals surface area contributed by atoms with Gasteiger partial charge in [-0.3, -0.25) is 5.43 Å². The topological polar surface area (TPSA) is 131 Å². The summed E-state index contributed by atoms with van der Waals surface area (Å²) in [6.45, 7) is 0.359. The number of nitrogens with one attached hydrogen (secondary N) is 1. The van der Waals surface area contributed by atoms with Gasteiger partial charge in [-0.2, -0.15) is 4.31 Å². The molecular formula is C9H15N5O4S. The fraction of sp³-hybridized carbons (Fsp3) is 0.556. The van der Waals surface area contributed by atoms with Gasteiger partial charge in [-0.15, -0.1) is 0 Å². The van der Waals surface area contributed by atoms with Gasteiger partial charge in [0.2, 0.25) is 16.0 Å². The first-order valence-corrected chi connectivity index (χ1v) is 7.03. The number of nitrogen functional groups attached to an aromatic ring is 1. The molecule has 0 spiro atoms. The molecule has 0 saturated carbocycles. The van der Waals surface area contributed by atoms with Crippen LogP contribution in [0.5, 0.6) is 0 Å². The van der Waals surface area contributed by atoms with Crippen molar-refractivity contribution in [1.82, 2.24) is 14.3 Å². The summed E-state index contributed by atoms with van der Waals surface area (Å²) in [5.41, 5.74) is 2.22. The number of sulfonamides is 1. The smallest absolute Gasteiger partial charge is 0.246 e. The summed E-state index contributed by atoms with van der Waals surface area (Å²) in [7, 11) is -3.68. The second-order valence-electron chi connectivity index (χ2n) is 3.93. The number of ether oxygens (including phenoxy) is 1. The molecule has 0 aromatic carbocycles. The maximum Gasteiger partial charge on any atom is 0.246 e. The molecule has 1 saturated heterocycles. The van der Waals surface area contributed by atoms with E-state index in [-0.39, 0.29) is 37.1 Å². The number of nitrogens with zero attached hydrogens (tertiary/aromatic N) is 3. The average molecular weight is 289 g/mol. The number of hydrogen-bond donors (Lipinski definition) is 3. The largest absolute Gasteiger partial charge is 0.394 e. The summed E-state index contributed by atoms with van der Waals surface area (Å²) in [4.78, 5) is 7.50. The molecule has 19 heavy (non-hydrogen) atoms. The van der Waals surface area contributed by atoms with E-state index in [4.69, 9.17) is 15.7 Å². The lowest BCUT2D eigenvalue weighted by molar-refractivity contribution is -0.0304. The van der Waals surface area contributed by atoms with Crippen LogP contribution in [0.15, 0.2) is 17.3 Å². The third kappa shape index (κ3) is 2.98. The molecule has 0 amide bonds. The van der Waals surface area contributed by atoms with E-state index in [0.29, 0.717) is 0 Å². The molecule has 2 rings (SSSR count). The SMILES string of the molecule is NNc1ncc(S(=O)(=O)N2CCOC(CO)C2)cn1. The summed E-state index contributed by atoms with van der Waals surface area (Å²) in [6.07, 6.45) is 1.86. The molecule has 0 radical (unpaired) electrons. The Hall–Kier alpha value is -1.33. The van der Waals surface area contributed by atoms with Crippen molar-refractivity contribution < 1.29 is 18.3 Å². The molecule has 1 aromatic heterocycles. The zero-order valence-corrected chi connectivity index (χ0v) is 10.9. The zero-order chi connectivity index (χ0) is 13.9. The van der Waals surface area contributed by atoms with Gasteiger partial charge in [0, 0.05) is 13.1 Å². The number of aromatic nitrogens is 2. The van der Waals surface area contributed by atoms with Crippen LogP contribution in [0.1, 0.15) is 0 Å². The highest BCUT2D eigenvalue weighted by Gasteiger charge is 2.30. The lowest BCUT2D eigenvalue weighted by atomic mass is 10.3. The van der Waals surface area contributed by atoms with Crippen molar-refractivity contribution in [2.24, 2.45) is 5.84 Å². The normalized spacial score (nSPS) is 21.3. The summed E-state index contributed by atoms with van der Waals surface area (Å²) in [6, 6.07) is 0. The van der Waals surface area contributed by atoms with Crippen LogP contribution in [0.25, 0.3) is 0 Å². The predicted molar refractivity (Wildman–Crippen MR) is 65.4 cm³/mol. The summed E-state index contributed by atoms with van der Waals surface area (Å²) in [5.74, 6) is 5.24. The number of nitrogens with two attached hydrogens (primary N) is 1. The molecule has 1 aliphatic heterocycles. The molecule has 1 aliphatic rings. The summed E-state index contributed by atoms with van der Waals surface area (Å²) in [5, 5.41) is 9.02. The van der Waals surface area contributed by atoms with Gasteiger partial charge in [-0.05, 0) is 0 Å². The highest BCUT2D eigenvalue weighted by Crippen LogP contribution is 2.17. The quantitative estimate of drug-likeness (QED) is 0.434. The third-order valence-electron chi connectivity index (χ3n) is 2.70. The number of rotatable bonds is 4. The third-order valence-corrected chi connectivity index (χ3v) is 4.52. The Labute approximate surface area is 110 Å². The van der Waals surface area contributed by atoms with Crippen LogP contribution in [0, 0.1) is 0 Å². The number of hydrogen-bond acceptors (Lipinski definition) is 8. The number of hydrazine groups is 1. The Morgan fingerprint density at radius 2 is 2.21 bits per heavy atom. The molecule has 10 heteroatoms. The van der Waals surface area contributed by atoms with E-state index >= 15 is 0 Å². The van der Waals surface area contributed by atoms with E-state index in [1.54, 1.807) is 0 Å². The predicted octanol–water partition coefficient (Wildman–Crippen LogP) is -1.86. The van der Waals surface area contributed by atoms with Crippen molar-refractivity contribution >= 4 is 16.0 Å². The van der Waals surface area contributed by atoms with Crippen LogP contribution < -0.4 is 11.3 Å². The van der Waals surface area contributed by atoms with Crippen molar-refractivity contribution in [2.45, 2.75) is 11.0 Å². The molecule has 1 aromatic rings. The Bertz CT molecular complexity index is 520. The fourth-order valence-corrected chi connectivity index (χ4v) is 3.04. The van der Waals surface area contributed by atoms with Crippen LogP contribution in [-0.2, 0) is 14.8 Å². The Balaban J connectivity index is 2.20. The monoisotopic (exact) mass is 289 g/mol. The van der Waals surface area contributed by atoms with Gasteiger partial charge in [0.1, 0.15) is 4.90 Å². The fourth-order valence-electron chi connectivity index (χ4n) is 1.69. The van der Waals surface area contributed by atoms with Crippen molar-refractivity contribution in [3.05, 3.63) is 12.4 Å². The molecule has 106 valence electrons. The molecule has 1 atom stereocenters. The minimum absolute atomic E-state index is 0.0231. The van der Waals surface area contributed by atoms with Gasteiger partial charge in [-0.1, -0.05) is 0 Å². The minimum atomic E-state index is -3.68. The van der Waals surface area contributed by atoms with Gasteiger partial charge < -0.3 is 9.84 Å². The van der Waals surface area contributed by atoms with Crippen LogP contribution in [-0.4, -0.2) is 60.2 Å². The lowest BCUT2D eigenvalue weighted by Crippen LogP contribution is -2.46. The van der Waals surface area contributed by atoms with Gasteiger partial charge in [0.05, 0.1) is 31.7 Å². The average Bonchev–Trinajstić information content (AvgIpc) is 2.47. The lowest BCUT2D eigenvalue weighted by Gasteiger charge is -2.30. The number of morpholine rings is 1. The van der Waals surface area contributed by atoms with Gasteiger partial charge >= 0.3 is 0 Å². The minimum Gasteiger partial charge on any atom is -0.394 e. The van der Waals surface area contributed by atoms with Crippen molar-refractivity contribution in [1.29, 1.82) is 0 Å². The van der Waals surface area contributed by atoms with E-state index in [1.165, 1.54) is 16.7 Å². The first-order chi connectivity index (χ1) is 9.07. The highest BCUT2D eigenvalue weighted by atomic mass is 32.2. The first-order valence-electron chi connectivity index (χ1n) is 5.59. The van der Waals surface area contributed by atoms with E-state index in [9.17, 15) is 8.42 Å². The molecule has 0 bridgehead atoms. The molecule has 1 unspecified atom stereocenters. The molecular weight excluding hydrogens is 274 g/mol. The van der Waals surface area contributed by atoms with Crippen molar-refractivity contribution in [3.8, 4) is 0 Å². The van der Waals surface area contributed by atoms with E-state index in [1.807, 2.05) is 0 Å². The maximum absolute atomic E-state index is 12.3. The second-order valence-corrected chi connectivity index (χ2v) is 5.86. The second kappa shape index (κ2) is 5.75. The number of aliphatic hydroxyl groups excluding tert-OH is 1. The summed E-state index contributed by atoms with van der Waals surface area (Å²) < 4.78 is 31.1. The van der Waals surface area contributed by atoms with Crippen LogP contribution in [0.2, 0.25) is 0 Å². The van der Waals surface area contributed by atoms with Crippen LogP contribution in [0.4, 0.5) is 5.95 Å². The molecule has 1 fully saturated rings. The van der Waals surface area contributed by atoms with Gasteiger partial charge in [0.15, 0.2) is 0 Å².